The Morgan fingerprint density at radius 1 is 1.24 bits per heavy atom. The van der Waals surface area contributed by atoms with Gasteiger partial charge in [-0.3, -0.25) is 4.79 Å². The molecule has 29 heavy (non-hydrogen) atoms. The van der Waals surface area contributed by atoms with E-state index in [1.807, 2.05) is 30.3 Å². The maximum Gasteiger partial charge on any atom is 0.251 e. The highest BCUT2D eigenvalue weighted by atomic mass is 16.5. The number of aliphatic imine (C=N–C) groups is 1. The van der Waals surface area contributed by atoms with Gasteiger partial charge >= 0.3 is 0 Å². The third-order valence-electron chi connectivity index (χ3n) is 5.59. The van der Waals surface area contributed by atoms with Gasteiger partial charge in [0.1, 0.15) is 17.1 Å². The van der Waals surface area contributed by atoms with Gasteiger partial charge < -0.3 is 21.5 Å². The number of nitrogen functional groups attached to an aromatic ring is 1. The molecule has 0 spiro atoms. The minimum Gasteiger partial charge on any atom is -0.494 e. The number of fused-ring (bicyclic) bond motifs is 2. The summed E-state index contributed by atoms with van der Waals surface area (Å²) in [6.45, 7) is 0.567. The van der Waals surface area contributed by atoms with Crippen LogP contribution in [0.5, 0.6) is 5.75 Å². The average Bonchev–Trinajstić information content (AvgIpc) is 3.44. The van der Waals surface area contributed by atoms with E-state index in [9.17, 15) is 4.79 Å². The molecule has 1 fully saturated rings. The van der Waals surface area contributed by atoms with Crippen LogP contribution in [0.2, 0.25) is 0 Å². The topological polar surface area (TPSA) is 129 Å². The molecule has 5 N–H and O–H groups in total. The maximum absolute atomic E-state index is 11.9. The predicted octanol–water partition coefficient (Wildman–Crippen LogP) is 2.26. The summed E-state index contributed by atoms with van der Waals surface area (Å²) in [5.41, 5.74) is 15.8. The lowest BCUT2D eigenvalue weighted by molar-refractivity contribution is 0.0965. The van der Waals surface area contributed by atoms with Crippen molar-refractivity contribution in [3.63, 3.8) is 0 Å². The molecule has 2 aliphatic rings. The molecule has 1 aliphatic carbocycles. The van der Waals surface area contributed by atoms with Gasteiger partial charge in [0.25, 0.3) is 5.91 Å². The summed E-state index contributed by atoms with van der Waals surface area (Å²) in [6, 6.07) is 11.4. The highest BCUT2D eigenvalue weighted by molar-refractivity contribution is 5.99. The minimum absolute atomic E-state index is 0.0161. The van der Waals surface area contributed by atoms with Crippen molar-refractivity contribution in [3.8, 4) is 5.75 Å². The second-order valence-electron chi connectivity index (χ2n) is 7.30. The van der Waals surface area contributed by atoms with Crippen molar-refractivity contribution in [2.75, 3.05) is 12.8 Å². The number of anilines is 1. The van der Waals surface area contributed by atoms with Gasteiger partial charge in [0.15, 0.2) is 5.82 Å². The fraction of sp³-hybridized carbons (Fsp3) is 0.238. The molecular formula is C21H20N6O2. The first-order valence-electron chi connectivity index (χ1n) is 9.41. The minimum atomic E-state index is -0.0161. The van der Waals surface area contributed by atoms with Crippen LogP contribution in [0.1, 0.15) is 33.8 Å². The number of nitrogens with two attached hydrogens (primary N) is 2. The number of para-hydroxylation sites is 1. The Kier molecular flexibility index (Phi) is 3.87. The number of carbonyl (C=O) groups is 1. The van der Waals surface area contributed by atoms with E-state index in [4.69, 9.17) is 16.2 Å². The van der Waals surface area contributed by atoms with Gasteiger partial charge in [0.05, 0.1) is 7.11 Å². The molecule has 1 aromatic heterocycles. The Morgan fingerprint density at radius 3 is 2.90 bits per heavy atom. The van der Waals surface area contributed by atoms with Gasteiger partial charge in [-0.25, -0.2) is 9.98 Å². The smallest absolute Gasteiger partial charge is 0.251 e. The molecule has 8 nitrogen and oxygen atoms in total. The fourth-order valence-electron chi connectivity index (χ4n) is 4.07. The molecule has 2 heterocycles. The normalized spacial score (nSPS) is 20.4. The standard InChI is InChI=1S/C21H20N6O2/c1-29-16-7-3-6-12-17(16)25-21(23)27-19(12)26-18(22)14-8-13(14)10-4-2-5-11-15(10)9-24-20(11)28/h2-7,13-14H,8-9H2,1H3,(H,24,28)(H4,22,23,25,26,27). The monoisotopic (exact) mass is 388 g/mol. The first-order chi connectivity index (χ1) is 14.1. The molecule has 1 amide bonds. The van der Waals surface area contributed by atoms with E-state index in [2.05, 4.69) is 26.3 Å². The van der Waals surface area contributed by atoms with Gasteiger partial charge in [0, 0.05) is 23.4 Å². The molecule has 2 unspecified atom stereocenters. The second kappa shape index (κ2) is 6.44. The predicted molar refractivity (Wildman–Crippen MR) is 110 cm³/mol. The van der Waals surface area contributed by atoms with Crippen molar-refractivity contribution >= 4 is 34.4 Å². The molecular weight excluding hydrogens is 368 g/mol. The summed E-state index contributed by atoms with van der Waals surface area (Å²) in [6.07, 6.45) is 0.891. The van der Waals surface area contributed by atoms with Crippen molar-refractivity contribution in [3.05, 3.63) is 53.1 Å². The van der Waals surface area contributed by atoms with E-state index in [-0.39, 0.29) is 23.7 Å². The molecule has 1 aliphatic heterocycles. The quantitative estimate of drug-likeness (QED) is 0.464. The highest BCUT2D eigenvalue weighted by Crippen LogP contribution is 2.50. The van der Waals surface area contributed by atoms with Crippen molar-refractivity contribution in [1.29, 1.82) is 0 Å². The third-order valence-corrected chi connectivity index (χ3v) is 5.59. The molecule has 146 valence electrons. The lowest BCUT2D eigenvalue weighted by Gasteiger charge is -2.08. The van der Waals surface area contributed by atoms with E-state index in [0.29, 0.717) is 29.5 Å². The molecule has 2 atom stereocenters. The summed E-state index contributed by atoms with van der Waals surface area (Å²) in [5.74, 6) is 2.00. The highest BCUT2D eigenvalue weighted by Gasteiger charge is 2.43. The summed E-state index contributed by atoms with van der Waals surface area (Å²) in [4.78, 5) is 25.1. The zero-order valence-corrected chi connectivity index (χ0v) is 15.8. The number of hydrogen-bond donors (Lipinski definition) is 3. The van der Waals surface area contributed by atoms with Crippen LogP contribution in [0.3, 0.4) is 0 Å². The first kappa shape index (κ1) is 17.4. The SMILES string of the molecule is COc1cccc2c(N=C(N)C3CC3c3cccc4c3CNC4=O)nc(N)nc12. The Labute approximate surface area is 167 Å². The summed E-state index contributed by atoms with van der Waals surface area (Å²) in [5, 5.41) is 3.62. The summed E-state index contributed by atoms with van der Waals surface area (Å²) < 4.78 is 5.37. The molecule has 3 aromatic rings. The molecule has 8 heteroatoms. The molecule has 1 saturated carbocycles. The number of nitrogens with one attached hydrogen (secondary N) is 1. The van der Waals surface area contributed by atoms with Gasteiger partial charge in [-0.1, -0.05) is 18.2 Å². The van der Waals surface area contributed by atoms with Gasteiger partial charge in [-0.05, 0) is 41.7 Å². The lowest BCUT2D eigenvalue weighted by Crippen LogP contribution is -2.15. The zero-order valence-electron chi connectivity index (χ0n) is 15.8. The van der Waals surface area contributed by atoms with Gasteiger partial charge in [-0.15, -0.1) is 0 Å². The fourth-order valence-corrected chi connectivity index (χ4v) is 4.07. The number of amidine groups is 1. The van der Waals surface area contributed by atoms with Crippen molar-refractivity contribution in [2.24, 2.45) is 16.6 Å². The van der Waals surface area contributed by atoms with Crippen LogP contribution in [0.15, 0.2) is 41.4 Å². The van der Waals surface area contributed by atoms with Gasteiger partial charge in [0.2, 0.25) is 5.95 Å². The Bertz CT molecular complexity index is 1190. The number of ether oxygens (including phenoxy) is 1. The van der Waals surface area contributed by atoms with E-state index < -0.39 is 0 Å². The summed E-state index contributed by atoms with van der Waals surface area (Å²) >= 11 is 0. The van der Waals surface area contributed by atoms with E-state index in [1.54, 1.807) is 7.11 Å². The number of hydrogen-bond acceptors (Lipinski definition) is 6. The molecule has 0 saturated heterocycles. The lowest BCUT2D eigenvalue weighted by atomic mass is 9.98. The first-order valence-corrected chi connectivity index (χ1v) is 9.41. The number of carbonyl (C=O) groups excluding carboxylic acids is 1. The van der Waals surface area contributed by atoms with E-state index >= 15 is 0 Å². The average molecular weight is 388 g/mol. The van der Waals surface area contributed by atoms with Crippen molar-refractivity contribution in [1.82, 2.24) is 15.3 Å². The molecule has 0 bridgehead atoms. The van der Waals surface area contributed by atoms with Crippen LogP contribution in [-0.2, 0) is 6.54 Å². The largest absolute Gasteiger partial charge is 0.494 e. The number of benzene rings is 2. The van der Waals surface area contributed by atoms with Crippen molar-refractivity contribution in [2.45, 2.75) is 18.9 Å². The zero-order chi connectivity index (χ0) is 20.1. The van der Waals surface area contributed by atoms with Crippen LogP contribution < -0.4 is 21.5 Å². The van der Waals surface area contributed by atoms with Crippen LogP contribution in [0.25, 0.3) is 10.9 Å². The number of amides is 1. The van der Waals surface area contributed by atoms with E-state index in [0.717, 1.165) is 28.5 Å². The summed E-state index contributed by atoms with van der Waals surface area (Å²) in [7, 11) is 1.58. The van der Waals surface area contributed by atoms with Crippen LogP contribution in [0, 0.1) is 5.92 Å². The van der Waals surface area contributed by atoms with Gasteiger partial charge in [-0.2, -0.15) is 4.98 Å². The number of methoxy groups -OCH3 is 1. The molecule has 2 aromatic carbocycles. The maximum atomic E-state index is 11.9. The Morgan fingerprint density at radius 2 is 2.07 bits per heavy atom. The van der Waals surface area contributed by atoms with Crippen LogP contribution >= 0.6 is 0 Å². The molecule has 5 rings (SSSR count). The van der Waals surface area contributed by atoms with Crippen LogP contribution in [0.4, 0.5) is 11.8 Å². The Hall–Kier alpha value is -3.68. The second-order valence-corrected chi connectivity index (χ2v) is 7.30. The Balaban J connectivity index is 1.49. The third kappa shape index (κ3) is 2.84. The molecule has 0 radical (unpaired) electrons. The number of nitrogens with zero attached hydrogens (tertiary/aromatic N) is 3. The number of rotatable bonds is 4. The van der Waals surface area contributed by atoms with Crippen LogP contribution in [-0.4, -0.2) is 28.8 Å². The number of aromatic nitrogens is 2. The van der Waals surface area contributed by atoms with Crippen molar-refractivity contribution < 1.29 is 9.53 Å². The van der Waals surface area contributed by atoms with E-state index in [1.165, 1.54) is 0 Å².